The highest BCUT2D eigenvalue weighted by Crippen LogP contribution is 2.66. The summed E-state index contributed by atoms with van der Waals surface area (Å²) < 4.78 is 0.249. The number of rotatable bonds is 2. The van der Waals surface area contributed by atoms with Crippen molar-refractivity contribution in [2.24, 2.45) is 17.3 Å². The molecule has 0 heterocycles. The van der Waals surface area contributed by atoms with Crippen LogP contribution in [0.15, 0.2) is 0 Å². The van der Waals surface area contributed by atoms with Crippen molar-refractivity contribution in [2.75, 3.05) is 0 Å². The molecule has 0 aromatic heterocycles. The minimum Gasteiger partial charge on any atom is -0.480 e. The number of aliphatic carboxylic acids is 1. The van der Waals surface area contributed by atoms with E-state index in [1.165, 1.54) is 19.3 Å². The second-order valence-corrected chi connectivity index (χ2v) is 8.77. The fraction of sp³-hybridized carbons (Fsp3) is 0.917. The topological polar surface area (TPSA) is 37.3 Å². The average molecular weight is 352 g/mol. The van der Waals surface area contributed by atoms with Gasteiger partial charge in [-0.3, -0.25) is 4.79 Å². The monoisotopic (exact) mass is 350 g/mol. The minimum atomic E-state index is -0.682. The molecule has 16 heavy (non-hydrogen) atoms. The number of carboxylic acid groups (broad SMARTS) is 1. The number of hydrogen-bond donors (Lipinski definition) is 1. The fourth-order valence-corrected chi connectivity index (χ4v) is 6.79. The molecule has 4 aliphatic carbocycles. The van der Waals surface area contributed by atoms with E-state index in [9.17, 15) is 9.90 Å². The molecule has 2 nitrogen and oxygen atoms in total. The van der Waals surface area contributed by atoms with Crippen LogP contribution in [0, 0.1) is 17.3 Å². The van der Waals surface area contributed by atoms with Crippen molar-refractivity contribution in [2.45, 2.75) is 47.7 Å². The Balaban J connectivity index is 1.94. The lowest BCUT2D eigenvalue weighted by Crippen LogP contribution is -2.57. The summed E-state index contributed by atoms with van der Waals surface area (Å²) in [5, 5.41) is 9.26. The molecular weight excluding hydrogens is 336 g/mol. The third-order valence-corrected chi connectivity index (χ3v) is 7.08. The van der Waals surface area contributed by atoms with Crippen LogP contribution in [0.5, 0.6) is 0 Å². The van der Waals surface area contributed by atoms with Gasteiger partial charge in [0.1, 0.15) is 4.83 Å². The Morgan fingerprint density at radius 3 is 2.25 bits per heavy atom. The Morgan fingerprint density at radius 1 is 1.25 bits per heavy atom. The highest BCUT2D eigenvalue weighted by atomic mass is 79.9. The third-order valence-electron chi connectivity index (χ3n) is 4.79. The largest absolute Gasteiger partial charge is 0.480 e. The quantitative estimate of drug-likeness (QED) is 0.772. The third kappa shape index (κ3) is 1.59. The average Bonchev–Trinajstić information content (AvgIpc) is 2.12. The zero-order valence-electron chi connectivity index (χ0n) is 9.09. The van der Waals surface area contributed by atoms with E-state index in [1.807, 2.05) is 0 Å². The highest BCUT2D eigenvalue weighted by Gasteiger charge is 2.60. The Labute approximate surface area is 112 Å². The van der Waals surface area contributed by atoms with E-state index >= 15 is 0 Å². The molecular formula is C12H16Br2O2. The van der Waals surface area contributed by atoms with Gasteiger partial charge in [0.2, 0.25) is 0 Å². The molecule has 0 aromatic carbocycles. The summed E-state index contributed by atoms with van der Waals surface area (Å²) in [5.41, 5.74) is 0.0133. The Morgan fingerprint density at radius 2 is 1.81 bits per heavy atom. The van der Waals surface area contributed by atoms with Crippen LogP contribution < -0.4 is 0 Å². The molecule has 0 aromatic rings. The van der Waals surface area contributed by atoms with Crippen LogP contribution in [0.2, 0.25) is 0 Å². The normalized spacial score (nSPS) is 51.6. The molecule has 0 unspecified atom stereocenters. The Kier molecular flexibility index (Phi) is 2.50. The first-order valence-electron chi connectivity index (χ1n) is 5.98. The van der Waals surface area contributed by atoms with Crippen LogP contribution in [0.3, 0.4) is 0 Å². The molecule has 4 rings (SSSR count). The minimum absolute atomic E-state index is 0.0133. The zero-order chi connectivity index (χ0) is 11.6. The van der Waals surface area contributed by atoms with Gasteiger partial charge < -0.3 is 5.11 Å². The molecule has 0 amide bonds. The maximum absolute atomic E-state index is 11.3. The highest BCUT2D eigenvalue weighted by molar-refractivity contribution is 9.10. The first-order valence-corrected chi connectivity index (χ1v) is 7.69. The lowest BCUT2D eigenvalue weighted by Gasteiger charge is -2.61. The molecule has 3 atom stereocenters. The summed E-state index contributed by atoms with van der Waals surface area (Å²) in [6.45, 7) is 0. The van der Waals surface area contributed by atoms with Gasteiger partial charge in [0.15, 0.2) is 0 Å². The molecule has 0 aliphatic heterocycles. The molecule has 0 radical (unpaired) electrons. The molecule has 4 fully saturated rings. The predicted octanol–water partition coefficient (Wildman–Crippen LogP) is 3.57. The number of carboxylic acids is 1. The van der Waals surface area contributed by atoms with E-state index < -0.39 is 5.97 Å². The predicted molar refractivity (Wildman–Crippen MR) is 69.1 cm³/mol. The maximum Gasteiger partial charge on any atom is 0.317 e. The van der Waals surface area contributed by atoms with Gasteiger partial charge >= 0.3 is 5.97 Å². The summed E-state index contributed by atoms with van der Waals surface area (Å²) in [5.74, 6) is 0.818. The van der Waals surface area contributed by atoms with Crippen LogP contribution in [0.4, 0.5) is 0 Å². The van der Waals surface area contributed by atoms with Gasteiger partial charge in [-0.15, -0.1) is 0 Å². The summed E-state index contributed by atoms with van der Waals surface area (Å²) >= 11 is 7.33. The van der Waals surface area contributed by atoms with Crippen LogP contribution >= 0.6 is 31.9 Å². The molecule has 4 heteroatoms. The molecule has 4 aliphatic rings. The van der Waals surface area contributed by atoms with Crippen molar-refractivity contribution in [3.05, 3.63) is 0 Å². The molecule has 0 spiro atoms. The van der Waals surface area contributed by atoms with Gasteiger partial charge in [-0.1, -0.05) is 31.9 Å². The SMILES string of the molecule is O=C(O)[C@@H](Br)C12C[C@@H]3C[C@H](CC(Br)(C3)C1)C2. The van der Waals surface area contributed by atoms with Gasteiger partial charge in [0.25, 0.3) is 0 Å². The first kappa shape index (κ1) is 11.5. The molecule has 90 valence electrons. The second-order valence-electron chi connectivity index (χ2n) is 6.18. The lowest BCUT2D eigenvalue weighted by molar-refractivity contribution is -0.142. The van der Waals surface area contributed by atoms with Gasteiger partial charge in [0, 0.05) is 4.32 Å². The maximum atomic E-state index is 11.3. The van der Waals surface area contributed by atoms with Crippen molar-refractivity contribution in [3.63, 3.8) is 0 Å². The van der Waals surface area contributed by atoms with E-state index in [0.717, 1.165) is 31.1 Å². The van der Waals surface area contributed by atoms with E-state index in [1.54, 1.807) is 0 Å². The van der Waals surface area contributed by atoms with Crippen LogP contribution in [-0.2, 0) is 4.79 Å². The number of halogens is 2. The standard InChI is InChI=1S/C12H16Br2O2/c13-9(10(15)16)11-2-7-1-8(3-11)5-12(14,4-7)6-11/h7-9H,1-6H2,(H,15,16)/t7-,8-,9+,11?,12?/m0/s1. The Hall–Kier alpha value is 0.430. The Bertz CT molecular complexity index is 328. The van der Waals surface area contributed by atoms with Crippen molar-refractivity contribution in [3.8, 4) is 0 Å². The van der Waals surface area contributed by atoms with Crippen LogP contribution in [0.1, 0.15) is 38.5 Å². The van der Waals surface area contributed by atoms with E-state index in [2.05, 4.69) is 31.9 Å². The summed E-state index contributed by atoms with van der Waals surface area (Å²) in [6.07, 6.45) is 7.09. The molecule has 0 saturated heterocycles. The van der Waals surface area contributed by atoms with E-state index in [0.29, 0.717) is 0 Å². The van der Waals surface area contributed by atoms with Crippen molar-refractivity contribution >= 4 is 37.8 Å². The van der Waals surface area contributed by atoms with E-state index in [-0.39, 0.29) is 14.6 Å². The van der Waals surface area contributed by atoms with Gasteiger partial charge in [-0.2, -0.15) is 0 Å². The number of alkyl halides is 2. The summed E-state index contributed by atoms with van der Waals surface area (Å²) in [6, 6.07) is 0. The summed E-state index contributed by atoms with van der Waals surface area (Å²) in [4.78, 5) is 10.9. The van der Waals surface area contributed by atoms with Gasteiger partial charge in [-0.05, 0) is 55.8 Å². The van der Waals surface area contributed by atoms with Crippen molar-refractivity contribution in [1.82, 2.24) is 0 Å². The van der Waals surface area contributed by atoms with E-state index in [4.69, 9.17) is 0 Å². The molecule has 4 bridgehead atoms. The van der Waals surface area contributed by atoms with Crippen molar-refractivity contribution in [1.29, 1.82) is 0 Å². The van der Waals surface area contributed by atoms with Gasteiger partial charge in [0.05, 0.1) is 0 Å². The molecule has 4 saturated carbocycles. The lowest BCUT2D eigenvalue weighted by atomic mass is 9.48. The summed E-state index contributed by atoms with van der Waals surface area (Å²) in [7, 11) is 0. The number of hydrogen-bond acceptors (Lipinski definition) is 1. The van der Waals surface area contributed by atoms with Crippen LogP contribution in [0.25, 0.3) is 0 Å². The number of carbonyl (C=O) groups is 1. The van der Waals surface area contributed by atoms with Crippen molar-refractivity contribution < 1.29 is 9.90 Å². The smallest absolute Gasteiger partial charge is 0.317 e. The second kappa shape index (κ2) is 3.47. The first-order chi connectivity index (χ1) is 7.42. The zero-order valence-corrected chi connectivity index (χ0v) is 12.3. The van der Waals surface area contributed by atoms with Gasteiger partial charge in [-0.25, -0.2) is 0 Å². The van der Waals surface area contributed by atoms with Crippen LogP contribution in [-0.4, -0.2) is 20.2 Å². The molecule has 1 N–H and O–H groups in total. The fourth-order valence-electron chi connectivity index (χ4n) is 4.78.